The predicted molar refractivity (Wildman–Crippen MR) is 159 cm³/mol. The number of hydrogen-bond donors (Lipinski definition) is 1. The number of fused-ring (bicyclic) bond motifs is 4. The monoisotopic (exact) mass is 694 g/mol. The third kappa shape index (κ3) is 6.54. The Morgan fingerprint density at radius 1 is 0.825 bits per heavy atom. The van der Waals surface area contributed by atoms with Crippen molar-refractivity contribution in [2.75, 3.05) is 6.26 Å². The van der Waals surface area contributed by atoms with Crippen molar-refractivity contribution in [2.24, 2.45) is 0 Å². The molecule has 0 fully saturated rings. The summed E-state index contributed by atoms with van der Waals surface area (Å²) in [7, 11) is -3.50. The zero-order valence-electron chi connectivity index (χ0n) is 21.7. The Hall–Kier alpha value is -2.45. The van der Waals surface area contributed by atoms with Gasteiger partial charge in [0.1, 0.15) is 11.6 Å². The Kier molecular flexibility index (Phi) is 8.58. The zero-order valence-corrected chi connectivity index (χ0v) is 25.7. The first-order valence-corrected chi connectivity index (χ1v) is 16.3. The van der Waals surface area contributed by atoms with Crippen LogP contribution in [-0.4, -0.2) is 51.1 Å². The summed E-state index contributed by atoms with van der Waals surface area (Å²) in [4.78, 5) is 34.1. The van der Waals surface area contributed by atoms with Gasteiger partial charge in [-0.3, -0.25) is 22.9 Å². The molecule has 4 heterocycles. The van der Waals surface area contributed by atoms with Gasteiger partial charge in [0.25, 0.3) is 21.2 Å². The van der Waals surface area contributed by atoms with Crippen molar-refractivity contribution in [2.45, 2.75) is 63.8 Å². The molecule has 2 atom stereocenters. The maximum absolute atomic E-state index is 12.6. The lowest BCUT2D eigenvalue weighted by Gasteiger charge is -2.12. The van der Waals surface area contributed by atoms with Crippen LogP contribution in [0.4, 0.5) is 0 Å². The number of aromatic nitrogens is 4. The minimum absolute atomic E-state index is 0.00315. The van der Waals surface area contributed by atoms with Crippen molar-refractivity contribution in [1.82, 2.24) is 19.1 Å². The van der Waals surface area contributed by atoms with Gasteiger partial charge in [0.15, 0.2) is 0 Å². The van der Waals surface area contributed by atoms with Crippen LogP contribution >= 0.6 is 31.9 Å². The SMILES string of the molecule is CS(=O)(=O)OC1CCc2nc3cc(Br)ccc3c(=O)n2CC1.O=c1c2ccc(Br)cc2nc2n1CCC(O)CC2. The molecule has 40 heavy (non-hydrogen) atoms. The fourth-order valence-electron chi connectivity index (χ4n) is 5.09. The lowest BCUT2D eigenvalue weighted by molar-refractivity contribution is 0.155. The largest absolute Gasteiger partial charge is 0.393 e. The molecule has 0 radical (unpaired) electrons. The molecule has 2 aromatic carbocycles. The summed E-state index contributed by atoms with van der Waals surface area (Å²) in [6.07, 6.45) is 3.76. The average molecular weight is 696 g/mol. The Balaban J connectivity index is 0.000000164. The first-order valence-electron chi connectivity index (χ1n) is 12.9. The summed E-state index contributed by atoms with van der Waals surface area (Å²) in [5.74, 6) is 1.46. The molecular weight excluding hydrogens is 668 g/mol. The van der Waals surface area contributed by atoms with Gasteiger partial charge in [-0.2, -0.15) is 8.42 Å². The van der Waals surface area contributed by atoms with Gasteiger partial charge in [-0.05, 0) is 62.1 Å². The van der Waals surface area contributed by atoms with Crippen molar-refractivity contribution in [3.63, 3.8) is 0 Å². The minimum Gasteiger partial charge on any atom is -0.393 e. The van der Waals surface area contributed by atoms with Crippen molar-refractivity contribution in [3.8, 4) is 0 Å². The van der Waals surface area contributed by atoms with Gasteiger partial charge in [-0.25, -0.2) is 9.97 Å². The number of aliphatic hydroxyl groups is 1. The highest BCUT2D eigenvalue weighted by atomic mass is 79.9. The molecule has 4 aromatic rings. The van der Waals surface area contributed by atoms with Crippen LogP contribution < -0.4 is 11.1 Å². The van der Waals surface area contributed by atoms with Gasteiger partial charge in [0.2, 0.25) is 0 Å². The minimum atomic E-state index is -3.50. The van der Waals surface area contributed by atoms with Gasteiger partial charge in [0.05, 0.1) is 40.3 Å². The van der Waals surface area contributed by atoms with Gasteiger partial charge in [-0.15, -0.1) is 0 Å². The molecule has 1 N–H and O–H groups in total. The van der Waals surface area contributed by atoms with E-state index < -0.39 is 16.2 Å². The van der Waals surface area contributed by atoms with E-state index in [1.165, 1.54) is 0 Å². The van der Waals surface area contributed by atoms with Gasteiger partial charge >= 0.3 is 0 Å². The average Bonchev–Trinajstić information content (AvgIpc) is 3.20. The number of rotatable bonds is 2. The molecule has 212 valence electrons. The first-order chi connectivity index (χ1) is 19.0. The third-order valence-corrected chi connectivity index (χ3v) is 8.66. The van der Waals surface area contributed by atoms with Crippen LogP contribution in [0.1, 0.15) is 37.3 Å². The van der Waals surface area contributed by atoms with Crippen LogP contribution in [0, 0.1) is 0 Å². The summed E-state index contributed by atoms with van der Waals surface area (Å²) in [5.41, 5.74) is 1.27. The van der Waals surface area contributed by atoms with E-state index in [-0.39, 0.29) is 17.2 Å². The molecule has 2 aliphatic rings. The maximum Gasteiger partial charge on any atom is 0.264 e. The highest BCUT2D eigenvalue weighted by molar-refractivity contribution is 9.10. The van der Waals surface area contributed by atoms with E-state index in [9.17, 15) is 23.1 Å². The van der Waals surface area contributed by atoms with Gasteiger partial charge in [0, 0.05) is 34.9 Å². The van der Waals surface area contributed by atoms with Crippen LogP contribution in [-0.2, 0) is 40.2 Å². The summed E-state index contributed by atoms with van der Waals surface area (Å²) >= 11 is 6.76. The van der Waals surface area contributed by atoms with E-state index in [1.54, 1.807) is 21.3 Å². The molecule has 6 rings (SSSR count). The van der Waals surface area contributed by atoms with E-state index in [4.69, 9.17) is 4.18 Å². The summed E-state index contributed by atoms with van der Waals surface area (Å²) in [6, 6.07) is 10.9. The zero-order chi connectivity index (χ0) is 28.6. The molecule has 2 aromatic heterocycles. The van der Waals surface area contributed by atoms with Gasteiger partial charge in [-0.1, -0.05) is 31.9 Å². The maximum atomic E-state index is 12.6. The number of hydrogen-bond acceptors (Lipinski definition) is 8. The molecule has 2 unspecified atom stereocenters. The molecule has 0 spiro atoms. The second-order valence-electron chi connectivity index (χ2n) is 10.0. The second kappa shape index (κ2) is 11.8. The van der Waals surface area contributed by atoms with Crippen molar-refractivity contribution in [3.05, 3.63) is 77.7 Å². The fraction of sp³-hybridized carbons (Fsp3) is 0.407. The molecule has 13 heteroatoms. The Labute approximate surface area is 247 Å². The number of aryl methyl sites for hydroxylation is 2. The molecule has 2 aliphatic heterocycles. The summed E-state index contributed by atoms with van der Waals surface area (Å²) in [5, 5.41) is 10.9. The van der Waals surface area contributed by atoms with Gasteiger partial charge < -0.3 is 5.11 Å². The molecule has 0 saturated heterocycles. The van der Waals surface area contributed by atoms with E-state index >= 15 is 0 Å². The van der Waals surface area contributed by atoms with Crippen molar-refractivity contribution < 1.29 is 17.7 Å². The summed E-state index contributed by atoms with van der Waals surface area (Å²) in [6.45, 7) is 0.960. The highest BCUT2D eigenvalue weighted by Gasteiger charge is 2.23. The topological polar surface area (TPSA) is 133 Å². The molecular formula is C27H28Br2N4O6S. The molecule has 0 saturated carbocycles. The standard InChI is InChI=1S/C14H15BrN2O4S.C13H13BrN2O2/c1-22(19,20)21-10-3-5-13-16-12-8-9(15)2-4-11(12)14(18)17(13)7-6-10;14-8-1-3-10-11(7-8)15-12-4-2-9(17)5-6-16(12)13(10)18/h2,4,8,10H,3,5-7H2,1H3;1,3,7,9,17H,2,4-6H2. The lowest BCUT2D eigenvalue weighted by atomic mass is 10.1. The normalized spacial score (nSPS) is 19.2. The quantitative estimate of drug-likeness (QED) is 0.314. The predicted octanol–water partition coefficient (Wildman–Crippen LogP) is 3.70. The number of aliphatic hydroxyl groups excluding tert-OH is 1. The van der Waals surface area contributed by atoms with Crippen LogP contribution in [0.2, 0.25) is 0 Å². The Morgan fingerprint density at radius 2 is 1.32 bits per heavy atom. The van der Waals surface area contributed by atoms with E-state index in [0.717, 1.165) is 26.5 Å². The lowest BCUT2D eigenvalue weighted by Crippen LogP contribution is -2.25. The van der Waals surface area contributed by atoms with Crippen molar-refractivity contribution in [1.29, 1.82) is 0 Å². The van der Waals surface area contributed by atoms with Crippen LogP contribution in [0.15, 0.2) is 54.9 Å². The molecule has 0 amide bonds. The van der Waals surface area contributed by atoms with E-state index in [1.807, 2.05) is 24.3 Å². The smallest absolute Gasteiger partial charge is 0.264 e. The number of halogens is 2. The number of benzene rings is 2. The second-order valence-corrected chi connectivity index (χ2v) is 13.5. The molecule has 0 bridgehead atoms. The third-order valence-electron chi connectivity index (χ3n) is 7.06. The molecule has 0 aliphatic carbocycles. The highest BCUT2D eigenvalue weighted by Crippen LogP contribution is 2.21. The van der Waals surface area contributed by atoms with E-state index in [0.29, 0.717) is 73.7 Å². The number of nitrogens with zero attached hydrogens (tertiary/aromatic N) is 4. The Morgan fingerprint density at radius 3 is 1.85 bits per heavy atom. The van der Waals surface area contributed by atoms with Crippen LogP contribution in [0.3, 0.4) is 0 Å². The fourth-order valence-corrected chi connectivity index (χ4v) is 6.48. The van der Waals surface area contributed by atoms with Crippen LogP contribution in [0.5, 0.6) is 0 Å². The van der Waals surface area contributed by atoms with Crippen molar-refractivity contribution >= 4 is 63.8 Å². The first kappa shape index (κ1) is 29.1. The summed E-state index contributed by atoms with van der Waals surface area (Å²) < 4.78 is 32.7. The Bertz CT molecular complexity index is 1820. The molecule has 10 nitrogen and oxygen atoms in total. The van der Waals surface area contributed by atoms with E-state index in [2.05, 4.69) is 41.8 Å². The van der Waals surface area contributed by atoms with Crippen LogP contribution in [0.25, 0.3) is 21.8 Å².